The lowest BCUT2D eigenvalue weighted by molar-refractivity contribution is -0.119. The van der Waals surface area contributed by atoms with Crippen LogP contribution in [0.3, 0.4) is 0 Å². The smallest absolute Gasteiger partial charge is 0.235 e. The van der Waals surface area contributed by atoms with Gasteiger partial charge in [0.2, 0.25) is 15.9 Å². The molecule has 1 amide bonds. The van der Waals surface area contributed by atoms with E-state index in [4.69, 9.17) is 5.73 Å². The lowest BCUT2D eigenvalue weighted by Gasteiger charge is -2.14. The highest BCUT2D eigenvalue weighted by molar-refractivity contribution is 7.93. The topological polar surface area (TPSA) is 89.3 Å². The van der Waals surface area contributed by atoms with Crippen molar-refractivity contribution in [2.45, 2.75) is 43.8 Å². The minimum absolute atomic E-state index is 0.285. The lowest BCUT2D eigenvalue weighted by atomic mass is 10.0. The fraction of sp³-hybridized carbons (Fsp3) is 0.500. The highest BCUT2D eigenvalue weighted by Gasteiger charge is 2.28. The number of hydrogen-bond acceptors (Lipinski definition) is 3. The van der Waals surface area contributed by atoms with Crippen molar-refractivity contribution in [3.8, 4) is 0 Å². The van der Waals surface area contributed by atoms with Crippen LogP contribution in [0.5, 0.6) is 0 Å². The molecule has 0 unspecified atom stereocenters. The van der Waals surface area contributed by atoms with Gasteiger partial charge in [0.15, 0.2) is 0 Å². The van der Waals surface area contributed by atoms with Crippen LogP contribution in [0.4, 0.5) is 5.69 Å². The van der Waals surface area contributed by atoms with Crippen LogP contribution in [0.1, 0.15) is 44.1 Å². The Morgan fingerprint density at radius 3 is 2.30 bits per heavy atom. The van der Waals surface area contributed by atoms with Crippen LogP contribution < -0.4 is 10.5 Å². The monoisotopic (exact) mass is 296 g/mol. The molecule has 110 valence electrons. The molecule has 0 spiro atoms. The summed E-state index contributed by atoms with van der Waals surface area (Å²) in [6, 6.07) is 6.78. The van der Waals surface area contributed by atoms with Gasteiger partial charge in [-0.2, -0.15) is 0 Å². The summed E-state index contributed by atoms with van der Waals surface area (Å²) in [7, 11) is -3.30. The molecule has 6 heteroatoms. The summed E-state index contributed by atoms with van der Waals surface area (Å²) in [5, 5.41) is -0.285. The Morgan fingerprint density at radius 1 is 1.25 bits per heavy atom. The SMILES string of the molecule is C[C@H](C(N)=O)c1ccc(NS(=O)(=O)C2CCCC2)cc1. The Hall–Kier alpha value is -1.56. The molecular formula is C14H20N2O3S. The van der Waals surface area contributed by atoms with Gasteiger partial charge in [0.05, 0.1) is 11.2 Å². The van der Waals surface area contributed by atoms with Crippen LogP contribution in [-0.4, -0.2) is 19.6 Å². The van der Waals surface area contributed by atoms with Crippen molar-refractivity contribution in [2.24, 2.45) is 5.73 Å². The number of anilines is 1. The van der Waals surface area contributed by atoms with Gasteiger partial charge in [0.25, 0.3) is 0 Å². The average molecular weight is 296 g/mol. The molecule has 1 fully saturated rings. The summed E-state index contributed by atoms with van der Waals surface area (Å²) in [6.45, 7) is 1.72. The van der Waals surface area contributed by atoms with Crippen LogP contribution in [0.15, 0.2) is 24.3 Å². The van der Waals surface area contributed by atoms with Crippen LogP contribution in [0, 0.1) is 0 Å². The molecular weight excluding hydrogens is 276 g/mol. The molecule has 0 aromatic heterocycles. The van der Waals surface area contributed by atoms with Gasteiger partial charge in [-0.3, -0.25) is 9.52 Å². The highest BCUT2D eigenvalue weighted by atomic mass is 32.2. The number of carbonyl (C=O) groups is 1. The van der Waals surface area contributed by atoms with Crippen LogP contribution in [0.2, 0.25) is 0 Å². The molecule has 1 aromatic carbocycles. The molecule has 0 aliphatic heterocycles. The Balaban J connectivity index is 2.09. The fourth-order valence-electron chi connectivity index (χ4n) is 2.45. The lowest BCUT2D eigenvalue weighted by Crippen LogP contribution is -2.25. The van der Waals surface area contributed by atoms with Crippen LogP contribution in [-0.2, 0) is 14.8 Å². The molecule has 1 saturated carbocycles. The van der Waals surface area contributed by atoms with Crippen molar-refractivity contribution in [3.05, 3.63) is 29.8 Å². The second-order valence-corrected chi connectivity index (χ2v) is 7.26. The number of rotatable bonds is 5. The van der Waals surface area contributed by atoms with Crippen molar-refractivity contribution in [1.29, 1.82) is 0 Å². The summed E-state index contributed by atoms with van der Waals surface area (Å²) < 4.78 is 26.9. The minimum atomic E-state index is -3.30. The van der Waals surface area contributed by atoms with E-state index in [1.807, 2.05) is 0 Å². The molecule has 0 bridgehead atoms. The van der Waals surface area contributed by atoms with Gasteiger partial charge in [-0.05, 0) is 37.5 Å². The first-order chi connectivity index (χ1) is 9.40. The quantitative estimate of drug-likeness (QED) is 0.870. The summed E-state index contributed by atoms with van der Waals surface area (Å²) in [6.07, 6.45) is 3.40. The van der Waals surface area contributed by atoms with E-state index in [-0.39, 0.29) is 11.2 Å². The molecule has 2 rings (SSSR count). The maximum absolute atomic E-state index is 12.1. The summed E-state index contributed by atoms with van der Waals surface area (Å²) >= 11 is 0. The number of nitrogens with two attached hydrogens (primary N) is 1. The summed E-state index contributed by atoms with van der Waals surface area (Å²) in [5.74, 6) is -0.778. The third kappa shape index (κ3) is 3.30. The Bertz CT molecular complexity index is 575. The summed E-state index contributed by atoms with van der Waals surface area (Å²) in [5.41, 5.74) is 6.54. The number of nitrogens with one attached hydrogen (secondary N) is 1. The molecule has 20 heavy (non-hydrogen) atoms. The van der Waals surface area contributed by atoms with Crippen molar-refractivity contribution >= 4 is 21.6 Å². The number of hydrogen-bond donors (Lipinski definition) is 2. The van der Waals surface area contributed by atoms with Gasteiger partial charge in [-0.25, -0.2) is 8.42 Å². The van der Waals surface area contributed by atoms with Gasteiger partial charge >= 0.3 is 0 Å². The Kier molecular flexibility index (Phi) is 4.32. The van der Waals surface area contributed by atoms with E-state index in [0.717, 1.165) is 31.2 Å². The van der Waals surface area contributed by atoms with E-state index in [1.165, 1.54) is 0 Å². The van der Waals surface area contributed by atoms with E-state index in [1.54, 1.807) is 31.2 Å². The standard InChI is InChI=1S/C14H20N2O3S/c1-10(14(15)17)11-6-8-12(9-7-11)16-20(18,19)13-4-2-3-5-13/h6-10,13,16H,2-5H2,1H3,(H2,15,17)/t10-/m0/s1. The predicted octanol–water partition coefficient (Wildman–Crippen LogP) is 1.96. The van der Waals surface area contributed by atoms with E-state index in [0.29, 0.717) is 5.69 Å². The van der Waals surface area contributed by atoms with Crippen molar-refractivity contribution in [3.63, 3.8) is 0 Å². The van der Waals surface area contributed by atoms with Gasteiger partial charge in [-0.15, -0.1) is 0 Å². The molecule has 1 aliphatic carbocycles. The van der Waals surface area contributed by atoms with Gasteiger partial charge in [0.1, 0.15) is 0 Å². The molecule has 1 aliphatic rings. The van der Waals surface area contributed by atoms with Gasteiger partial charge in [-0.1, -0.05) is 25.0 Å². The normalized spacial score (nSPS) is 17.9. The Labute approximate surface area is 119 Å². The molecule has 5 nitrogen and oxygen atoms in total. The second kappa shape index (κ2) is 5.83. The number of carbonyl (C=O) groups excluding carboxylic acids is 1. The predicted molar refractivity (Wildman–Crippen MR) is 78.8 cm³/mol. The molecule has 3 N–H and O–H groups in total. The maximum Gasteiger partial charge on any atom is 0.235 e. The molecule has 0 radical (unpaired) electrons. The summed E-state index contributed by atoms with van der Waals surface area (Å²) in [4.78, 5) is 11.1. The highest BCUT2D eigenvalue weighted by Crippen LogP contribution is 2.26. The largest absolute Gasteiger partial charge is 0.369 e. The van der Waals surface area contributed by atoms with Crippen molar-refractivity contribution in [2.75, 3.05) is 4.72 Å². The van der Waals surface area contributed by atoms with Crippen LogP contribution in [0.25, 0.3) is 0 Å². The number of amides is 1. The zero-order valence-corrected chi connectivity index (χ0v) is 12.3. The molecule has 1 atom stereocenters. The average Bonchev–Trinajstić information content (AvgIpc) is 2.93. The first-order valence-electron chi connectivity index (χ1n) is 6.81. The first kappa shape index (κ1) is 14.8. The molecule has 0 heterocycles. The third-order valence-electron chi connectivity index (χ3n) is 3.84. The number of benzene rings is 1. The van der Waals surface area contributed by atoms with Crippen molar-refractivity contribution < 1.29 is 13.2 Å². The zero-order chi connectivity index (χ0) is 14.8. The fourth-order valence-corrected chi connectivity index (χ4v) is 4.04. The van der Waals surface area contributed by atoms with E-state index in [2.05, 4.69) is 4.72 Å². The van der Waals surface area contributed by atoms with E-state index < -0.39 is 15.9 Å². The van der Waals surface area contributed by atoms with Gasteiger partial charge in [0, 0.05) is 5.69 Å². The minimum Gasteiger partial charge on any atom is -0.369 e. The van der Waals surface area contributed by atoms with Crippen molar-refractivity contribution in [1.82, 2.24) is 0 Å². The second-order valence-electron chi connectivity index (χ2n) is 5.30. The van der Waals surface area contributed by atoms with Gasteiger partial charge < -0.3 is 5.73 Å². The number of primary amides is 1. The van der Waals surface area contributed by atoms with E-state index >= 15 is 0 Å². The first-order valence-corrected chi connectivity index (χ1v) is 8.35. The zero-order valence-electron chi connectivity index (χ0n) is 11.5. The molecule has 1 aromatic rings. The van der Waals surface area contributed by atoms with E-state index in [9.17, 15) is 13.2 Å². The Morgan fingerprint density at radius 2 is 1.80 bits per heavy atom. The molecule has 0 saturated heterocycles. The van der Waals surface area contributed by atoms with Crippen LogP contribution >= 0.6 is 0 Å². The number of sulfonamides is 1. The third-order valence-corrected chi connectivity index (χ3v) is 5.71. The maximum atomic E-state index is 12.1.